The molecule has 0 saturated carbocycles. The summed E-state index contributed by atoms with van der Waals surface area (Å²) < 4.78 is 18.7. The maximum absolute atomic E-state index is 13.9. The SMILES string of the molecule is CCOc1cc([C@@H]2C(C(=O)OCC(C)C)=C(C)N=c3s/c(=C/c4ccc(N(C)C)cc4)c(=O)n32)ccc1OC(C)=O. The lowest BCUT2D eigenvalue weighted by Gasteiger charge is -2.25. The van der Waals surface area contributed by atoms with Gasteiger partial charge in [0.1, 0.15) is 0 Å². The second-order valence-corrected chi connectivity index (χ2v) is 11.3. The quantitative estimate of drug-likeness (QED) is 0.282. The Labute approximate surface area is 243 Å². The smallest absolute Gasteiger partial charge is 0.338 e. The summed E-state index contributed by atoms with van der Waals surface area (Å²) in [5, 5.41) is 0. The molecule has 41 heavy (non-hydrogen) atoms. The van der Waals surface area contributed by atoms with E-state index in [0.29, 0.717) is 33.0 Å². The lowest BCUT2D eigenvalue weighted by atomic mass is 9.95. The van der Waals surface area contributed by atoms with E-state index < -0.39 is 18.0 Å². The van der Waals surface area contributed by atoms with Crippen LogP contribution in [0.3, 0.4) is 0 Å². The summed E-state index contributed by atoms with van der Waals surface area (Å²) in [5.74, 6) is -0.320. The number of thiazole rings is 1. The Balaban J connectivity index is 1.90. The van der Waals surface area contributed by atoms with Crippen molar-refractivity contribution < 1.29 is 23.8 Å². The second kappa shape index (κ2) is 12.6. The fraction of sp³-hybridized carbons (Fsp3) is 0.355. The van der Waals surface area contributed by atoms with Crippen LogP contribution in [0.25, 0.3) is 6.08 Å². The van der Waals surface area contributed by atoms with Crippen molar-refractivity contribution in [2.24, 2.45) is 10.9 Å². The number of hydrogen-bond donors (Lipinski definition) is 0. The highest BCUT2D eigenvalue weighted by atomic mass is 32.1. The van der Waals surface area contributed by atoms with E-state index in [0.717, 1.165) is 11.3 Å². The first kappa shape index (κ1) is 29.8. The van der Waals surface area contributed by atoms with Gasteiger partial charge < -0.3 is 19.1 Å². The molecule has 216 valence electrons. The van der Waals surface area contributed by atoms with Crippen LogP contribution >= 0.6 is 11.3 Å². The van der Waals surface area contributed by atoms with Crippen LogP contribution in [-0.4, -0.2) is 43.8 Å². The van der Waals surface area contributed by atoms with E-state index in [1.54, 1.807) is 25.1 Å². The molecule has 0 radical (unpaired) electrons. The Bertz CT molecular complexity index is 1660. The number of rotatable bonds is 9. The van der Waals surface area contributed by atoms with Crippen molar-refractivity contribution in [2.45, 2.75) is 40.7 Å². The minimum atomic E-state index is -0.824. The number of carbonyl (C=O) groups is 2. The molecule has 0 aliphatic carbocycles. The highest BCUT2D eigenvalue weighted by Crippen LogP contribution is 2.36. The molecule has 1 aliphatic heterocycles. The highest BCUT2D eigenvalue weighted by Gasteiger charge is 2.34. The van der Waals surface area contributed by atoms with Crippen molar-refractivity contribution >= 4 is 35.0 Å². The fourth-order valence-electron chi connectivity index (χ4n) is 4.44. The average molecular weight is 578 g/mol. The van der Waals surface area contributed by atoms with Crippen molar-refractivity contribution in [3.8, 4) is 11.5 Å². The lowest BCUT2D eigenvalue weighted by molar-refractivity contribution is -0.140. The second-order valence-electron chi connectivity index (χ2n) is 10.3. The molecule has 0 bridgehead atoms. The molecule has 9 nitrogen and oxygen atoms in total. The van der Waals surface area contributed by atoms with Crippen LogP contribution in [0.1, 0.15) is 51.8 Å². The number of ether oxygens (including phenoxy) is 3. The minimum absolute atomic E-state index is 0.130. The van der Waals surface area contributed by atoms with E-state index in [1.165, 1.54) is 22.8 Å². The van der Waals surface area contributed by atoms with Gasteiger partial charge in [0.05, 0.1) is 35.1 Å². The van der Waals surface area contributed by atoms with Gasteiger partial charge in [0.15, 0.2) is 16.3 Å². The first-order chi connectivity index (χ1) is 19.5. The number of aromatic nitrogens is 1. The Morgan fingerprint density at radius 3 is 2.44 bits per heavy atom. The summed E-state index contributed by atoms with van der Waals surface area (Å²) in [6.45, 7) is 9.33. The standard InChI is InChI=1S/C31H35N3O6S/c1-8-38-25-16-22(11-14-24(25)40-20(5)35)28-27(30(37)39-17-18(2)3)19(4)32-31-34(28)29(36)26(41-31)15-21-9-12-23(13-10-21)33(6)7/h9-16,18,28H,8,17H2,1-7H3/b26-15+/t28-/m1/s1. The van der Waals surface area contributed by atoms with Crippen molar-refractivity contribution in [3.05, 3.63) is 84.5 Å². The van der Waals surface area contributed by atoms with Crippen molar-refractivity contribution in [1.82, 2.24) is 4.57 Å². The van der Waals surface area contributed by atoms with Crippen LogP contribution in [0.5, 0.6) is 11.5 Å². The third kappa shape index (κ3) is 6.59. The molecular formula is C31H35N3O6S. The number of carbonyl (C=O) groups excluding carboxylic acids is 2. The van der Waals surface area contributed by atoms with Gasteiger partial charge in [0.25, 0.3) is 5.56 Å². The van der Waals surface area contributed by atoms with Gasteiger partial charge in [-0.25, -0.2) is 9.79 Å². The van der Waals surface area contributed by atoms with E-state index in [2.05, 4.69) is 4.99 Å². The summed E-state index contributed by atoms with van der Waals surface area (Å²) in [6, 6.07) is 12.1. The monoisotopic (exact) mass is 577 g/mol. The number of nitrogens with zero attached hydrogens (tertiary/aromatic N) is 3. The fourth-order valence-corrected chi connectivity index (χ4v) is 5.49. The van der Waals surface area contributed by atoms with Crippen molar-refractivity contribution in [3.63, 3.8) is 0 Å². The molecule has 1 aliphatic rings. The molecule has 2 heterocycles. The number of anilines is 1. The molecule has 0 unspecified atom stereocenters. The molecule has 0 saturated heterocycles. The van der Waals surface area contributed by atoms with E-state index in [9.17, 15) is 14.4 Å². The zero-order chi connectivity index (χ0) is 29.8. The van der Waals surface area contributed by atoms with Crippen LogP contribution in [0, 0.1) is 5.92 Å². The van der Waals surface area contributed by atoms with Crippen LogP contribution in [0.15, 0.2) is 63.5 Å². The summed E-state index contributed by atoms with van der Waals surface area (Å²) in [4.78, 5) is 46.2. The lowest BCUT2D eigenvalue weighted by Crippen LogP contribution is -2.40. The van der Waals surface area contributed by atoms with Crippen molar-refractivity contribution in [2.75, 3.05) is 32.2 Å². The van der Waals surface area contributed by atoms with Crippen LogP contribution in [0.2, 0.25) is 0 Å². The van der Waals surface area contributed by atoms with Crippen LogP contribution in [-0.2, 0) is 14.3 Å². The molecule has 4 rings (SSSR count). The van der Waals surface area contributed by atoms with Gasteiger partial charge in [-0.3, -0.25) is 14.2 Å². The summed E-state index contributed by atoms with van der Waals surface area (Å²) >= 11 is 1.26. The number of allylic oxidation sites excluding steroid dienone is 1. The molecule has 1 aromatic heterocycles. The molecule has 0 fully saturated rings. The molecule has 2 aromatic carbocycles. The first-order valence-corrected chi connectivity index (χ1v) is 14.2. The normalized spacial score (nSPS) is 14.9. The third-order valence-corrected chi connectivity index (χ3v) is 7.32. The van der Waals surface area contributed by atoms with Gasteiger partial charge in [0.2, 0.25) is 0 Å². The topological polar surface area (TPSA) is 99.4 Å². The van der Waals surface area contributed by atoms with Gasteiger partial charge in [-0.15, -0.1) is 0 Å². The van der Waals surface area contributed by atoms with E-state index in [4.69, 9.17) is 14.2 Å². The van der Waals surface area contributed by atoms with Gasteiger partial charge >= 0.3 is 11.9 Å². The summed E-state index contributed by atoms with van der Waals surface area (Å²) in [6.07, 6.45) is 1.83. The number of hydrogen-bond acceptors (Lipinski definition) is 9. The Morgan fingerprint density at radius 1 is 1.12 bits per heavy atom. The molecular weight excluding hydrogens is 542 g/mol. The Morgan fingerprint density at radius 2 is 1.83 bits per heavy atom. The number of benzene rings is 2. The Hall–Kier alpha value is -4.18. The summed E-state index contributed by atoms with van der Waals surface area (Å²) in [5.41, 5.74) is 2.97. The molecule has 0 N–H and O–H groups in total. The van der Waals surface area contributed by atoms with Gasteiger partial charge in [-0.05, 0) is 61.2 Å². The Kier molecular flexibility index (Phi) is 9.12. The first-order valence-electron chi connectivity index (χ1n) is 13.4. The number of fused-ring (bicyclic) bond motifs is 1. The third-order valence-electron chi connectivity index (χ3n) is 6.33. The van der Waals surface area contributed by atoms with Crippen LogP contribution < -0.4 is 29.3 Å². The van der Waals surface area contributed by atoms with E-state index in [-0.39, 0.29) is 29.4 Å². The predicted octanol–water partition coefficient (Wildman–Crippen LogP) is 3.82. The zero-order valence-corrected chi connectivity index (χ0v) is 25.2. The largest absolute Gasteiger partial charge is 0.490 e. The molecule has 10 heteroatoms. The number of esters is 2. The molecule has 1 atom stereocenters. The average Bonchev–Trinajstić information content (AvgIpc) is 3.21. The maximum atomic E-state index is 13.9. The van der Waals surface area contributed by atoms with E-state index >= 15 is 0 Å². The van der Waals surface area contributed by atoms with Gasteiger partial charge in [0, 0.05) is 26.7 Å². The maximum Gasteiger partial charge on any atom is 0.338 e. The van der Waals surface area contributed by atoms with E-state index in [1.807, 2.05) is 70.1 Å². The molecule has 0 amide bonds. The molecule has 0 spiro atoms. The minimum Gasteiger partial charge on any atom is -0.490 e. The predicted molar refractivity (Wildman–Crippen MR) is 159 cm³/mol. The zero-order valence-electron chi connectivity index (χ0n) is 24.4. The highest BCUT2D eigenvalue weighted by molar-refractivity contribution is 7.07. The van der Waals surface area contributed by atoms with Crippen molar-refractivity contribution in [1.29, 1.82) is 0 Å². The van der Waals surface area contributed by atoms with Gasteiger partial charge in [-0.1, -0.05) is 43.4 Å². The summed E-state index contributed by atoms with van der Waals surface area (Å²) in [7, 11) is 3.93. The van der Waals surface area contributed by atoms with Crippen LogP contribution in [0.4, 0.5) is 5.69 Å². The van der Waals surface area contributed by atoms with Gasteiger partial charge in [-0.2, -0.15) is 0 Å². The molecule has 3 aromatic rings.